The third kappa shape index (κ3) is 2.39. The van der Waals surface area contributed by atoms with Gasteiger partial charge in [0, 0.05) is 19.3 Å². The summed E-state index contributed by atoms with van der Waals surface area (Å²) in [5, 5.41) is 0. The summed E-state index contributed by atoms with van der Waals surface area (Å²) in [6.07, 6.45) is 3.64. The Bertz CT molecular complexity index is 408. The van der Waals surface area contributed by atoms with Gasteiger partial charge in [-0.3, -0.25) is 0 Å². The summed E-state index contributed by atoms with van der Waals surface area (Å²) in [7, 11) is 2.19. The summed E-state index contributed by atoms with van der Waals surface area (Å²) in [4.78, 5) is 2.40. The lowest BCUT2D eigenvalue weighted by molar-refractivity contribution is 0.332. The van der Waals surface area contributed by atoms with E-state index in [0.29, 0.717) is 5.41 Å². The van der Waals surface area contributed by atoms with Crippen LogP contribution in [0.1, 0.15) is 38.7 Å². The molecule has 0 saturated heterocycles. The molecule has 0 amide bonds. The van der Waals surface area contributed by atoms with Gasteiger partial charge in [-0.15, -0.1) is 0 Å². The zero-order chi connectivity index (χ0) is 13.4. The molecular formula is C16H26N2. The molecule has 0 spiro atoms. The molecule has 1 fully saturated rings. The van der Waals surface area contributed by atoms with E-state index in [1.807, 2.05) is 0 Å². The second-order valence-electron chi connectivity index (χ2n) is 6.66. The lowest BCUT2D eigenvalue weighted by Gasteiger charge is -2.41. The lowest BCUT2D eigenvalue weighted by Crippen LogP contribution is -2.51. The molecule has 0 aromatic heterocycles. The molecule has 100 valence electrons. The van der Waals surface area contributed by atoms with Crippen molar-refractivity contribution in [2.75, 3.05) is 18.5 Å². The van der Waals surface area contributed by atoms with Crippen LogP contribution in [0.5, 0.6) is 0 Å². The Morgan fingerprint density at radius 3 is 2.22 bits per heavy atom. The highest BCUT2D eigenvalue weighted by Gasteiger charge is 2.45. The van der Waals surface area contributed by atoms with E-state index in [1.54, 1.807) is 0 Å². The van der Waals surface area contributed by atoms with E-state index in [2.05, 4.69) is 57.0 Å². The van der Waals surface area contributed by atoms with Gasteiger partial charge in [0.1, 0.15) is 0 Å². The van der Waals surface area contributed by atoms with Crippen molar-refractivity contribution in [2.24, 2.45) is 11.1 Å². The molecule has 2 rings (SSSR count). The fourth-order valence-corrected chi connectivity index (χ4v) is 3.28. The van der Waals surface area contributed by atoms with Crippen LogP contribution in [0.4, 0.5) is 5.69 Å². The fourth-order valence-electron chi connectivity index (χ4n) is 3.28. The normalized spacial score (nSPS) is 26.3. The van der Waals surface area contributed by atoms with Gasteiger partial charge in [0.05, 0.1) is 5.54 Å². The van der Waals surface area contributed by atoms with Crippen molar-refractivity contribution in [2.45, 2.75) is 45.6 Å². The Morgan fingerprint density at radius 1 is 1.17 bits per heavy atom. The standard InChI is InChI=1S/C16H26N2/c1-13-5-7-14(8-6-13)18(4)16(12-17)10-9-15(2,3)11-16/h5-8H,9-12,17H2,1-4H3. The number of hydrogen-bond acceptors (Lipinski definition) is 2. The first-order valence-corrected chi connectivity index (χ1v) is 6.89. The van der Waals surface area contributed by atoms with Gasteiger partial charge in [-0.1, -0.05) is 31.5 Å². The third-order valence-electron chi connectivity index (χ3n) is 4.59. The van der Waals surface area contributed by atoms with Crippen LogP contribution < -0.4 is 10.6 Å². The van der Waals surface area contributed by atoms with Crippen LogP contribution in [0.2, 0.25) is 0 Å². The molecule has 1 aromatic carbocycles. The van der Waals surface area contributed by atoms with E-state index >= 15 is 0 Å². The molecule has 1 aliphatic rings. The van der Waals surface area contributed by atoms with E-state index in [1.165, 1.54) is 30.5 Å². The number of aryl methyl sites for hydroxylation is 1. The average Bonchev–Trinajstić information content (AvgIpc) is 2.66. The first kappa shape index (κ1) is 13.4. The zero-order valence-electron chi connectivity index (χ0n) is 12.2. The summed E-state index contributed by atoms with van der Waals surface area (Å²) in [5.74, 6) is 0. The Kier molecular flexibility index (Phi) is 3.41. The average molecular weight is 246 g/mol. The number of nitrogens with zero attached hydrogens (tertiary/aromatic N) is 1. The molecule has 0 bridgehead atoms. The van der Waals surface area contributed by atoms with Crippen molar-refractivity contribution in [3.05, 3.63) is 29.8 Å². The fraction of sp³-hybridized carbons (Fsp3) is 0.625. The summed E-state index contributed by atoms with van der Waals surface area (Å²) in [5.41, 5.74) is 9.26. The maximum atomic E-state index is 6.12. The van der Waals surface area contributed by atoms with Crippen LogP contribution in [0.25, 0.3) is 0 Å². The molecule has 1 atom stereocenters. The molecule has 0 aliphatic heterocycles. The summed E-state index contributed by atoms with van der Waals surface area (Å²) in [6, 6.07) is 8.77. The van der Waals surface area contributed by atoms with E-state index in [0.717, 1.165) is 6.54 Å². The van der Waals surface area contributed by atoms with Crippen molar-refractivity contribution in [3.63, 3.8) is 0 Å². The Morgan fingerprint density at radius 2 is 1.78 bits per heavy atom. The van der Waals surface area contributed by atoms with Crippen LogP contribution >= 0.6 is 0 Å². The van der Waals surface area contributed by atoms with Gasteiger partial charge < -0.3 is 10.6 Å². The molecule has 18 heavy (non-hydrogen) atoms. The molecule has 2 heteroatoms. The molecule has 1 aromatic rings. The number of likely N-dealkylation sites (N-methyl/N-ethyl adjacent to an activating group) is 1. The SMILES string of the molecule is Cc1ccc(N(C)C2(CN)CCC(C)(C)C2)cc1. The predicted molar refractivity (Wildman–Crippen MR) is 79.0 cm³/mol. The molecular weight excluding hydrogens is 220 g/mol. The van der Waals surface area contributed by atoms with Crippen LogP contribution in [0.3, 0.4) is 0 Å². The molecule has 0 radical (unpaired) electrons. The predicted octanol–water partition coefficient (Wildman–Crippen LogP) is 3.34. The highest BCUT2D eigenvalue weighted by molar-refractivity contribution is 5.50. The Labute approximate surface area is 111 Å². The first-order valence-electron chi connectivity index (χ1n) is 6.89. The highest BCUT2D eigenvalue weighted by atomic mass is 15.2. The van der Waals surface area contributed by atoms with Gasteiger partial charge in [-0.2, -0.15) is 0 Å². The number of benzene rings is 1. The van der Waals surface area contributed by atoms with E-state index in [-0.39, 0.29) is 5.54 Å². The minimum absolute atomic E-state index is 0.138. The van der Waals surface area contributed by atoms with Gasteiger partial charge in [0.15, 0.2) is 0 Å². The van der Waals surface area contributed by atoms with E-state index < -0.39 is 0 Å². The van der Waals surface area contributed by atoms with Crippen molar-refractivity contribution >= 4 is 5.69 Å². The lowest BCUT2D eigenvalue weighted by atomic mass is 9.86. The second-order valence-corrected chi connectivity index (χ2v) is 6.66. The molecule has 2 nitrogen and oxygen atoms in total. The summed E-state index contributed by atoms with van der Waals surface area (Å²) in [6.45, 7) is 7.57. The minimum Gasteiger partial charge on any atom is -0.368 e. The van der Waals surface area contributed by atoms with Gasteiger partial charge in [-0.05, 0) is 43.7 Å². The van der Waals surface area contributed by atoms with Gasteiger partial charge in [-0.25, -0.2) is 0 Å². The molecule has 2 N–H and O–H groups in total. The maximum Gasteiger partial charge on any atom is 0.0526 e. The molecule has 1 unspecified atom stereocenters. The number of nitrogens with two attached hydrogens (primary N) is 1. The molecule has 0 heterocycles. The van der Waals surface area contributed by atoms with Crippen molar-refractivity contribution in [3.8, 4) is 0 Å². The summed E-state index contributed by atoms with van der Waals surface area (Å²) < 4.78 is 0. The Hall–Kier alpha value is -1.02. The first-order chi connectivity index (χ1) is 8.38. The minimum atomic E-state index is 0.138. The topological polar surface area (TPSA) is 29.3 Å². The largest absolute Gasteiger partial charge is 0.368 e. The van der Waals surface area contributed by atoms with E-state index in [9.17, 15) is 0 Å². The number of anilines is 1. The number of rotatable bonds is 3. The van der Waals surface area contributed by atoms with Gasteiger partial charge in [0.2, 0.25) is 0 Å². The van der Waals surface area contributed by atoms with Crippen LogP contribution in [-0.4, -0.2) is 19.1 Å². The van der Waals surface area contributed by atoms with Crippen LogP contribution in [-0.2, 0) is 0 Å². The van der Waals surface area contributed by atoms with Gasteiger partial charge in [0.25, 0.3) is 0 Å². The van der Waals surface area contributed by atoms with Crippen LogP contribution in [0, 0.1) is 12.3 Å². The summed E-state index contributed by atoms with van der Waals surface area (Å²) >= 11 is 0. The number of hydrogen-bond donors (Lipinski definition) is 1. The molecule has 1 saturated carbocycles. The van der Waals surface area contributed by atoms with E-state index in [4.69, 9.17) is 5.73 Å². The zero-order valence-corrected chi connectivity index (χ0v) is 12.2. The third-order valence-corrected chi connectivity index (χ3v) is 4.59. The monoisotopic (exact) mass is 246 g/mol. The van der Waals surface area contributed by atoms with Gasteiger partial charge >= 0.3 is 0 Å². The smallest absolute Gasteiger partial charge is 0.0526 e. The quantitative estimate of drug-likeness (QED) is 0.886. The van der Waals surface area contributed by atoms with Crippen molar-refractivity contribution < 1.29 is 0 Å². The Balaban J connectivity index is 2.26. The second kappa shape index (κ2) is 4.58. The van der Waals surface area contributed by atoms with Crippen LogP contribution in [0.15, 0.2) is 24.3 Å². The molecule has 1 aliphatic carbocycles. The van der Waals surface area contributed by atoms with Crippen molar-refractivity contribution in [1.29, 1.82) is 0 Å². The maximum absolute atomic E-state index is 6.12. The highest BCUT2D eigenvalue weighted by Crippen LogP contribution is 2.46. The van der Waals surface area contributed by atoms with Crippen molar-refractivity contribution in [1.82, 2.24) is 0 Å².